The topological polar surface area (TPSA) is 90.0 Å². The molecule has 11 heteroatoms. The third-order valence-corrected chi connectivity index (χ3v) is 5.40. The van der Waals surface area contributed by atoms with Crippen molar-refractivity contribution >= 4 is 23.4 Å². The molecule has 1 saturated heterocycles. The summed E-state index contributed by atoms with van der Waals surface area (Å²) in [6.07, 6.45) is -2.75. The highest BCUT2D eigenvalue weighted by Gasteiger charge is 2.32. The van der Waals surface area contributed by atoms with Gasteiger partial charge in [-0.25, -0.2) is 4.98 Å². The Morgan fingerprint density at radius 1 is 1.06 bits per heavy atom. The van der Waals surface area contributed by atoms with Crippen molar-refractivity contribution in [2.75, 3.05) is 43.1 Å². The normalized spacial score (nSPS) is 14.4. The molecule has 1 aliphatic heterocycles. The van der Waals surface area contributed by atoms with Crippen molar-refractivity contribution in [2.24, 2.45) is 5.92 Å². The standard InChI is InChI=1S/C24H28F3N3O5/c1-3-33-19-7-6-18(13-20(19)34-4-2)29-22(31)15-35-23(32)16-9-11-30(12-10-16)21-8-5-17(14-28-21)24(25,26)27/h5-8,13-14,16H,3-4,9-12,15H2,1-2H3,(H,29,31). The SMILES string of the molecule is CCOc1ccc(NC(=O)COC(=O)C2CCN(c3ccc(C(F)(F)F)cn3)CC2)cc1OCC. The first-order valence-electron chi connectivity index (χ1n) is 11.4. The lowest BCUT2D eigenvalue weighted by molar-refractivity contribution is -0.152. The van der Waals surface area contributed by atoms with E-state index >= 15 is 0 Å². The van der Waals surface area contributed by atoms with Gasteiger partial charge in [0.25, 0.3) is 5.91 Å². The highest BCUT2D eigenvalue weighted by molar-refractivity contribution is 5.93. The largest absolute Gasteiger partial charge is 0.490 e. The number of piperidine rings is 1. The molecule has 1 aliphatic rings. The summed E-state index contributed by atoms with van der Waals surface area (Å²) in [6.45, 7) is 5.05. The monoisotopic (exact) mass is 495 g/mol. The lowest BCUT2D eigenvalue weighted by Crippen LogP contribution is -2.38. The fraction of sp³-hybridized carbons (Fsp3) is 0.458. The van der Waals surface area contributed by atoms with Crippen LogP contribution in [-0.4, -0.2) is 49.8 Å². The van der Waals surface area contributed by atoms with Gasteiger partial charge >= 0.3 is 12.1 Å². The maximum atomic E-state index is 12.7. The van der Waals surface area contributed by atoms with Crippen molar-refractivity contribution in [3.05, 3.63) is 42.1 Å². The number of alkyl halides is 3. The molecule has 1 fully saturated rings. The Morgan fingerprint density at radius 3 is 2.34 bits per heavy atom. The first-order valence-corrected chi connectivity index (χ1v) is 11.4. The number of halogens is 3. The molecular formula is C24H28F3N3O5. The van der Waals surface area contributed by atoms with Gasteiger partial charge in [-0.3, -0.25) is 9.59 Å². The van der Waals surface area contributed by atoms with Crippen LogP contribution in [0, 0.1) is 5.92 Å². The van der Waals surface area contributed by atoms with Gasteiger partial charge in [0.1, 0.15) is 5.82 Å². The molecule has 0 radical (unpaired) electrons. The predicted octanol–water partition coefficient (Wildman–Crippen LogP) is 4.30. The van der Waals surface area contributed by atoms with Crippen LogP contribution in [0.15, 0.2) is 36.5 Å². The average Bonchev–Trinajstić information content (AvgIpc) is 2.84. The molecule has 0 bridgehead atoms. The van der Waals surface area contributed by atoms with Crippen LogP contribution in [0.25, 0.3) is 0 Å². The molecule has 0 unspecified atom stereocenters. The predicted molar refractivity (Wildman–Crippen MR) is 123 cm³/mol. The van der Waals surface area contributed by atoms with Gasteiger partial charge in [-0.2, -0.15) is 13.2 Å². The van der Waals surface area contributed by atoms with Crippen LogP contribution in [0.3, 0.4) is 0 Å². The number of carbonyl (C=O) groups is 2. The Labute approximate surface area is 201 Å². The fourth-order valence-electron chi connectivity index (χ4n) is 3.67. The number of benzene rings is 1. The zero-order valence-electron chi connectivity index (χ0n) is 19.6. The van der Waals surface area contributed by atoms with Crippen LogP contribution >= 0.6 is 0 Å². The van der Waals surface area contributed by atoms with Crippen molar-refractivity contribution in [2.45, 2.75) is 32.9 Å². The van der Waals surface area contributed by atoms with Crippen molar-refractivity contribution in [3.63, 3.8) is 0 Å². The van der Waals surface area contributed by atoms with E-state index in [4.69, 9.17) is 14.2 Å². The van der Waals surface area contributed by atoms with Gasteiger partial charge in [-0.15, -0.1) is 0 Å². The molecule has 2 aromatic rings. The number of rotatable bonds is 9. The molecule has 0 saturated carbocycles. The molecule has 1 aromatic carbocycles. The van der Waals surface area contributed by atoms with E-state index in [0.717, 1.165) is 12.3 Å². The summed E-state index contributed by atoms with van der Waals surface area (Å²) in [5.74, 6) is 0.114. The molecule has 0 aliphatic carbocycles. The van der Waals surface area contributed by atoms with Gasteiger partial charge in [-0.1, -0.05) is 0 Å². The number of pyridine rings is 1. The van der Waals surface area contributed by atoms with Crippen LogP contribution in [0.4, 0.5) is 24.7 Å². The smallest absolute Gasteiger partial charge is 0.417 e. The summed E-state index contributed by atoms with van der Waals surface area (Å²) in [5.41, 5.74) is -0.326. The third kappa shape index (κ3) is 7.24. The summed E-state index contributed by atoms with van der Waals surface area (Å²) in [4.78, 5) is 30.4. The highest BCUT2D eigenvalue weighted by Crippen LogP contribution is 2.31. The van der Waals surface area contributed by atoms with Crippen molar-refractivity contribution in [3.8, 4) is 11.5 Å². The summed E-state index contributed by atoms with van der Waals surface area (Å²) in [6, 6.07) is 7.31. The number of hydrogen-bond acceptors (Lipinski definition) is 7. The fourth-order valence-corrected chi connectivity index (χ4v) is 3.67. The van der Waals surface area contributed by atoms with Crippen molar-refractivity contribution in [1.82, 2.24) is 4.98 Å². The second-order valence-corrected chi connectivity index (χ2v) is 7.85. The van der Waals surface area contributed by atoms with Crippen LogP contribution in [0.2, 0.25) is 0 Å². The number of ether oxygens (including phenoxy) is 3. The number of hydrogen-bond donors (Lipinski definition) is 1. The van der Waals surface area contributed by atoms with Gasteiger partial charge in [0, 0.05) is 31.0 Å². The lowest BCUT2D eigenvalue weighted by atomic mass is 9.97. The second-order valence-electron chi connectivity index (χ2n) is 7.85. The number of esters is 1. The first kappa shape index (κ1) is 26.1. The Morgan fingerprint density at radius 2 is 1.74 bits per heavy atom. The molecule has 8 nitrogen and oxygen atoms in total. The molecule has 2 heterocycles. The molecule has 0 spiro atoms. The van der Waals surface area contributed by atoms with Crippen LogP contribution in [0.5, 0.6) is 11.5 Å². The van der Waals surface area contributed by atoms with Gasteiger partial charge in [0.15, 0.2) is 18.1 Å². The van der Waals surface area contributed by atoms with Crippen LogP contribution in [0.1, 0.15) is 32.3 Å². The minimum atomic E-state index is -4.44. The van der Waals surface area contributed by atoms with Gasteiger partial charge in [-0.05, 0) is 51.0 Å². The molecule has 0 atom stereocenters. The van der Waals surface area contributed by atoms with Gasteiger partial charge in [0.05, 0.1) is 24.7 Å². The van der Waals surface area contributed by atoms with E-state index in [9.17, 15) is 22.8 Å². The zero-order valence-corrected chi connectivity index (χ0v) is 19.6. The molecular weight excluding hydrogens is 467 g/mol. The quantitative estimate of drug-likeness (QED) is 0.519. The number of aromatic nitrogens is 1. The number of amides is 1. The maximum absolute atomic E-state index is 12.7. The summed E-state index contributed by atoms with van der Waals surface area (Å²) < 4.78 is 54.3. The maximum Gasteiger partial charge on any atom is 0.417 e. The average molecular weight is 495 g/mol. The first-order chi connectivity index (χ1) is 16.7. The Bertz CT molecular complexity index is 1010. The summed E-state index contributed by atoms with van der Waals surface area (Å²) >= 11 is 0. The van der Waals surface area contributed by atoms with Crippen LogP contribution in [-0.2, 0) is 20.5 Å². The van der Waals surface area contributed by atoms with E-state index < -0.39 is 36.1 Å². The van der Waals surface area contributed by atoms with Crippen molar-refractivity contribution in [1.29, 1.82) is 0 Å². The molecule has 1 aromatic heterocycles. The Balaban J connectivity index is 1.45. The number of nitrogens with one attached hydrogen (secondary N) is 1. The number of nitrogens with zero attached hydrogens (tertiary/aromatic N) is 2. The third-order valence-electron chi connectivity index (χ3n) is 5.40. The molecule has 35 heavy (non-hydrogen) atoms. The Kier molecular flexibility index (Phi) is 8.78. The van der Waals surface area contributed by atoms with E-state index in [2.05, 4.69) is 10.3 Å². The van der Waals surface area contributed by atoms with E-state index in [0.29, 0.717) is 62.1 Å². The number of carbonyl (C=O) groups excluding carboxylic acids is 2. The summed E-state index contributed by atoms with van der Waals surface area (Å²) in [7, 11) is 0. The molecule has 190 valence electrons. The van der Waals surface area contributed by atoms with Gasteiger partial charge < -0.3 is 24.4 Å². The second kappa shape index (κ2) is 11.8. The molecule has 1 N–H and O–H groups in total. The van der Waals surface area contributed by atoms with Crippen LogP contribution < -0.4 is 19.7 Å². The van der Waals surface area contributed by atoms with E-state index in [1.54, 1.807) is 18.2 Å². The minimum Gasteiger partial charge on any atom is -0.490 e. The van der Waals surface area contributed by atoms with E-state index in [-0.39, 0.29) is 0 Å². The molecule has 3 rings (SSSR count). The van der Waals surface area contributed by atoms with E-state index in [1.807, 2.05) is 18.7 Å². The zero-order chi connectivity index (χ0) is 25.4. The number of anilines is 2. The van der Waals surface area contributed by atoms with E-state index in [1.165, 1.54) is 6.07 Å². The highest BCUT2D eigenvalue weighted by atomic mass is 19.4. The van der Waals surface area contributed by atoms with Gasteiger partial charge in [0.2, 0.25) is 0 Å². The Hall–Kier alpha value is -3.50. The lowest BCUT2D eigenvalue weighted by Gasteiger charge is -2.31. The summed E-state index contributed by atoms with van der Waals surface area (Å²) in [5, 5.41) is 2.66. The van der Waals surface area contributed by atoms with Crippen molar-refractivity contribution < 1.29 is 37.0 Å². The molecule has 1 amide bonds. The minimum absolute atomic E-state index is 0.400.